The molecule has 4 aromatic rings. The summed E-state index contributed by atoms with van der Waals surface area (Å²) in [5.41, 5.74) is 2.03. The average molecular weight is 484 g/mol. The molecule has 0 aliphatic heterocycles. The Hall–Kier alpha value is -2.81. The van der Waals surface area contributed by atoms with Gasteiger partial charge in [-0.1, -0.05) is 6.07 Å². The Kier molecular flexibility index (Phi) is 5.79. The van der Waals surface area contributed by atoms with Crippen LogP contribution >= 0.6 is 11.3 Å². The van der Waals surface area contributed by atoms with Crippen molar-refractivity contribution in [2.24, 2.45) is 0 Å². The minimum atomic E-state index is -3.74. The number of benzene rings is 1. The van der Waals surface area contributed by atoms with Crippen molar-refractivity contribution < 1.29 is 25.6 Å². The van der Waals surface area contributed by atoms with Gasteiger partial charge in [-0.25, -0.2) is 31.5 Å². The highest BCUT2D eigenvalue weighted by Gasteiger charge is 2.33. The number of nitrogens with one attached hydrogen (secondary N) is 1. The van der Waals surface area contributed by atoms with Crippen LogP contribution in [0.3, 0.4) is 0 Å². The summed E-state index contributed by atoms with van der Waals surface area (Å²) < 4.78 is 67.5. The van der Waals surface area contributed by atoms with Crippen molar-refractivity contribution in [3.63, 3.8) is 0 Å². The maximum absolute atomic E-state index is 13.1. The highest BCUT2D eigenvalue weighted by Crippen LogP contribution is 2.36. The molecule has 10 nitrogen and oxygen atoms in total. The monoisotopic (exact) mass is 483 g/mol. The molecule has 0 spiro atoms. The Morgan fingerprint density at radius 3 is 2.65 bits per heavy atom. The molecular weight excluding hydrogens is 469 g/mol. The second-order valence-corrected chi connectivity index (χ2v) is 10.5. The van der Waals surface area contributed by atoms with Gasteiger partial charge in [0.1, 0.15) is 5.01 Å². The van der Waals surface area contributed by atoms with E-state index in [0.717, 1.165) is 23.2 Å². The van der Waals surface area contributed by atoms with Crippen molar-refractivity contribution in [3.05, 3.63) is 59.3 Å². The molecule has 1 N–H and O–H groups in total. The molecule has 1 aromatic carbocycles. The van der Waals surface area contributed by atoms with Gasteiger partial charge in [-0.15, -0.1) is 21.5 Å². The summed E-state index contributed by atoms with van der Waals surface area (Å²) in [5.74, 6) is -0.866. The molecule has 0 aliphatic carbocycles. The van der Waals surface area contributed by atoms with Gasteiger partial charge in [-0.3, -0.25) is 0 Å². The third-order valence-corrected chi connectivity index (χ3v) is 7.11. The van der Waals surface area contributed by atoms with Gasteiger partial charge in [0, 0.05) is 18.0 Å². The lowest BCUT2D eigenvalue weighted by atomic mass is 10.1. The molecule has 0 saturated carbocycles. The first kappa shape index (κ1) is 21.4. The molecule has 0 fully saturated rings. The SMILES string of the molecule is CS(=O)(=O)C(c1nnc(CN[SH](=O)=O)o1)c1nc2ccc(-c3ccc(F)nc3)cc2s1. The molecule has 162 valence electrons. The van der Waals surface area contributed by atoms with Crippen LogP contribution in [-0.2, 0) is 27.3 Å². The number of thiol groups is 1. The van der Waals surface area contributed by atoms with E-state index in [-0.39, 0.29) is 23.3 Å². The number of halogens is 1. The molecule has 4 rings (SSSR count). The van der Waals surface area contributed by atoms with Crippen molar-refractivity contribution in [1.29, 1.82) is 0 Å². The Morgan fingerprint density at radius 1 is 1.19 bits per heavy atom. The number of aromatic nitrogens is 4. The van der Waals surface area contributed by atoms with Gasteiger partial charge < -0.3 is 4.42 Å². The molecular formula is C17H14FN5O5S3. The van der Waals surface area contributed by atoms with E-state index >= 15 is 0 Å². The van der Waals surface area contributed by atoms with Gasteiger partial charge in [0.25, 0.3) is 0 Å². The summed E-state index contributed by atoms with van der Waals surface area (Å²) in [6.45, 7) is -0.253. The zero-order chi connectivity index (χ0) is 22.2. The van der Waals surface area contributed by atoms with Crippen molar-refractivity contribution in [2.75, 3.05) is 6.26 Å². The summed E-state index contributed by atoms with van der Waals surface area (Å²) >= 11 is 1.14. The molecule has 31 heavy (non-hydrogen) atoms. The fraction of sp³-hybridized carbons (Fsp3) is 0.176. The smallest absolute Gasteiger partial charge is 0.241 e. The number of sulfone groups is 1. The number of fused-ring (bicyclic) bond motifs is 1. The van der Waals surface area contributed by atoms with Gasteiger partial charge in [0.2, 0.25) is 28.6 Å². The molecule has 1 atom stereocenters. The van der Waals surface area contributed by atoms with E-state index < -0.39 is 31.9 Å². The molecule has 0 saturated heterocycles. The summed E-state index contributed by atoms with van der Waals surface area (Å²) in [6, 6.07) is 8.15. The quantitative estimate of drug-likeness (QED) is 0.296. The largest absolute Gasteiger partial charge is 0.422 e. The van der Waals surface area contributed by atoms with E-state index in [1.165, 1.54) is 12.3 Å². The van der Waals surface area contributed by atoms with Crippen LogP contribution < -0.4 is 4.72 Å². The van der Waals surface area contributed by atoms with Gasteiger partial charge in [-0.2, -0.15) is 4.39 Å². The molecule has 3 aromatic heterocycles. The van der Waals surface area contributed by atoms with Crippen LogP contribution in [0.25, 0.3) is 21.3 Å². The second-order valence-electron chi connectivity index (χ2n) is 6.44. The third-order valence-electron chi connectivity index (χ3n) is 4.18. The highest BCUT2D eigenvalue weighted by molar-refractivity contribution is 7.91. The fourth-order valence-corrected chi connectivity index (χ4v) is 5.62. The second kappa shape index (κ2) is 8.37. The summed E-state index contributed by atoms with van der Waals surface area (Å²) in [4.78, 5) is 8.05. The topological polar surface area (TPSA) is 145 Å². The number of nitrogens with zero attached hydrogens (tertiary/aromatic N) is 4. The maximum atomic E-state index is 13.1. The molecule has 1 unspecified atom stereocenters. The van der Waals surface area contributed by atoms with Crippen molar-refractivity contribution in [1.82, 2.24) is 24.9 Å². The Labute approximate surface area is 181 Å². The van der Waals surface area contributed by atoms with Crippen molar-refractivity contribution in [3.8, 4) is 11.1 Å². The minimum Gasteiger partial charge on any atom is -0.422 e. The maximum Gasteiger partial charge on any atom is 0.241 e. The van der Waals surface area contributed by atoms with Gasteiger partial charge in [0.15, 0.2) is 15.1 Å². The fourth-order valence-electron chi connectivity index (χ4n) is 2.83. The molecule has 0 bridgehead atoms. The minimum absolute atomic E-state index is 0.0740. The highest BCUT2D eigenvalue weighted by atomic mass is 32.2. The summed E-state index contributed by atoms with van der Waals surface area (Å²) in [7, 11) is -6.61. The lowest BCUT2D eigenvalue weighted by molar-refractivity contribution is 0.445. The van der Waals surface area contributed by atoms with E-state index in [4.69, 9.17) is 4.42 Å². The average Bonchev–Trinajstić information content (AvgIpc) is 3.32. The van der Waals surface area contributed by atoms with Crippen LogP contribution in [-0.4, -0.2) is 43.3 Å². The number of hydrogen-bond donors (Lipinski definition) is 2. The van der Waals surface area contributed by atoms with Gasteiger partial charge in [-0.05, 0) is 29.8 Å². The van der Waals surface area contributed by atoms with Gasteiger partial charge in [0.05, 0.1) is 16.8 Å². The Morgan fingerprint density at radius 2 is 1.97 bits per heavy atom. The first-order chi connectivity index (χ1) is 14.7. The molecule has 0 aliphatic rings. The van der Waals surface area contributed by atoms with E-state index in [2.05, 4.69) is 24.9 Å². The number of hydrogen-bond acceptors (Lipinski definition) is 10. The first-order valence-corrected chi connectivity index (χ1v) is 12.6. The van der Waals surface area contributed by atoms with E-state index in [0.29, 0.717) is 15.8 Å². The Balaban J connectivity index is 1.72. The predicted molar refractivity (Wildman–Crippen MR) is 111 cm³/mol. The lowest BCUT2D eigenvalue weighted by Gasteiger charge is -2.07. The normalized spacial score (nSPS) is 13.1. The van der Waals surface area contributed by atoms with E-state index in [1.54, 1.807) is 24.3 Å². The molecule has 0 radical (unpaired) electrons. The van der Waals surface area contributed by atoms with Crippen LogP contribution in [0.15, 0.2) is 40.9 Å². The van der Waals surface area contributed by atoms with Crippen molar-refractivity contribution in [2.45, 2.75) is 11.8 Å². The molecule has 3 heterocycles. The van der Waals surface area contributed by atoms with Crippen LogP contribution in [0.4, 0.5) is 4.39 Å². The van der Waals surface area contributed by atoms with E-state index in [1.807, 2.05) is 0 Å². The van der Waals surface area contributed by atoms with Crippen LogP contribution in [0.5, 0.6) is 0 Å². The number of thiazole rings is 1. The first-order valence-electron chi connectivity index (χ1n) is 8.62. The zero-order valence-electron chi connectivity index (χ0n) is 15.7. The molecule has 0 amide bonds. The Bertz CT molecular complexity index is 1420. The standard InChI is InChI=1S/C17H14FN5O5S3/c1-31(26,27)15(16-23-22-14(28-16)8-20-30(24)25)17-21-11-4-2-9(6-12(11)29-17)10-3-5-13(18)19-7-10/h2-7,15,30H,8H2,1H3,(H,20,24,25). The third kappa shape index (κ3) is 4.76. The van der Waals surface area contributed by atoms with Gasteiger partial charge >= 0.3 is 0 Å². The zero-order valence-corrected chi connectivity index (χ0v) is 18.2. The van der Waals surface area contributed by atoms with Crippen LogP contribution in [0.2, 0.25) is 0 Å². The molecule has 14 heteroatoms. The van der Waals surface area contributed by atoms with Crippen molar-refractivity contribution >= 4 is 42.3 Å². The summed E-state index contributed by atoms with van der Waals surface area (Å²) in [5, 5.41) is 6.39. The summed E-state index contributed by atoms with van der Waals surface area (Å²) in [6.07, 6.45) is 2.43. The number of pyridine rings is 1. The predicted octanol–water partition coefficient (Wildman–Crippen LogP) is 1.63. The lowest BCUT2D eigenvalue weighted by Crippen LogP contribution is -2.13. The van der Waals surface area contributed by atoms with E-state index in [9.17, 15) is 21.2 Å². The number of rotatable bonds is 7. The van der Waals surface area contributed by atoms with Crippen LogP contribution in [0, 0.1) is 5.95 Å². The van der Waals surface area contributed by atoms with Crippen LogP contribution in [0.1, 0.15) is 22.0 Å².